The molecule has 0 aliphatic carbocycles. The van der Waals surface area contributed by atoms with Crippen molar-refractivity contribution in [2.75, 3.05) is 26.2 Å². The molecule has 0 saturated heterocycles. The number of hydrogen-bond acceptors (Lipinski definition) is 3. The molecular formula is C9H23N3O2S. The molecular weight excluding hydrogens is 214 g/mol. The maximum atomic E-state index is 11.7. The number of nitrogens with two attached hydrogens (primary N) is 1. The third kappa shape index (κ3) is 4.92. The molecule has 0 amide bonds. The Hall–Kier alpha value is -0.170. The number of hydrogen-bond donors (Lipinski definition) is 2. The first kappa shape index (κ1) is 14.8. The number of rotatable bonds is 7. The lowest BCUT2D eigenvalue weighted by Gasteiger charge is -2.30. The van der Waals surface area contributed by atoms with Crippen molar-refractivity contribution >= 4 is 10.2 Å². The standard InChI is InChI=1S/C9H23N3O2S/c1-5-11-15(13,14)12(6-2)8-9(3,4)7-10/h11H,5-8,10H2,1-4H3. The third-order valence-electron chi connectivity index (χ3n) is 2.18. The van der Waals surface area contributed by atoms with E-state index in [1.165, 1.54) is 4.31 Å². The molecule has 0 rings (SSSR count). The molecule has 0 aliphatic heterocycles. The highest BCUT2D eigenvalue weighted by Crippen LogP contribution is 2.16. The quantitative estimate of drug-likeness (QED) is 0.661. The van der Waals surface area contributed by atoms with E-state index >= 15 is 0 Å². The maximum Gasteiger partial charge on any atom is 0.279 e. The molecule has 5 nitrogen and oxygen atoms in total. The number of nitrogens with zero attached hydrogens (tertiary/aromatic N) is 1. The molecule has 0 aromatic carbocycles. The van der Waals surface area contributed by atoms with Gasteiger partial charge in [0.1, 0.15) is 0 Å². The van der Waals surface area contributed by atoms with Gasteiger partial charge in [-0.05, 0) is 12.0 Å². The van der Waals surface area contributed by atoms with Crippen LogP contribution in [-0.2, 0) is 10.2 Å². The first-order valence-corrected chi connectivity index (χ1v) is 6.68. The second-order valence-electron chi connectivity index (χ2n) is 4.30. The Labute approximate surface area is 93.2 Å². The van der Waals surface area contributed by atoms with Crippen molar-refractivity contribution in [1.82, 2.24) is 9.03 Å². The van der Waals surface area contributed by atoms with Gasteiger partial charge in [0.05, 0.1) is 0 Å². The van der Waals surface area contributed by atoms with Gasteiger partial charge in [-0.2, -0.15) is 12.7 Å². The van der Waals surface area contributed by atoms with Crippen LogP contribution >= 0.6 is 0 Å². The van der Waals surface area contributed by atoms with E-state index in [1.54, 1.807) is 6.92 Å². The second kappa shape index (κ2) is 5.79. The molecule has 0 aliphatic rings. The van der Waals surface area contributed by atoms with Crippen molar-refractivity contribution in [3.8, 4) is 0 Å². The summed E-state index contributed by atoms with van der Waals surface area (Å²) in [5.74, 6) is 0. The molecule has 92 valence electrons. The van der Waals surface area contributed by atoms with E-state index in [1.807, 2.05) is 20.8 Å². The fourth-order valence-corrected chi connectivity index (χ4v) is 2.59. The van der Waals surface area contributed by atoms with E-state index in [4.69, 9.17) is 5.73 Å². The second-order valence-corrected chi connectivity index (χ2v) is 6.05. The lowest BCUT2D eigenvalue weighted by atomic mass is 9.94. The molecule has 0 unspecified atom stereocenters. The van der Waals surface area contributed by atoms with E-state index < -0.39 is 10.2 Å². The molecule has 0 saturated carbocycles. The highest BCUT2D eigenvalue weighted by atomic mass is 32.2. The van der Waals surface area contributed by atoms with Crippen molar-refractivity contribution in [2.45, 2.75) is 27.7 Å². The van der Waals surface area contributed by atoms with Crippen LogP contribution in [0.2, 0.25) is 0 Å². The Bertz CT molecular complexity index is 275. The summed E-state index contributed by atoms with van der Waals surface area (Å²) in [5, 5.41) is 0. The van der Waals surface area contributed by atoms with Crippen LogP contribution in [-0.4, -0.2) is 38.9 Å². The van der Waals surface area contributed by atoms with Gasteiger partial charge >= 0.3 is 0 Å². The predicted molar refractivity (Wildman–Crippen MR) is 62.7 cm³/mol. The minimum absolute atomic E-state index is 0.196. The topological polar surface area (TPSA) is 75.4 Å². The molecule has 0 aromatic rings. The van der Waals surface area contributed by atoms with Gasteiger partial charge in [0.2, 0.25) is 0 Å². The lowest BCUT2D eigenvalue weighted by Crippen LogP contribution is -2.46. The largest absolute Gasteiger partial charge is 0.330 e. The SMILES string of the molecule is CCNS(=O)(=O)N(CC)CC(C)(C)CN. The van der Waals surface area contributed by atoms with E-state index in [-0.39, 0.29) is 5.41 Å². The molecule has 0 heterocycles. The van der Waals surface area contributed by atoms with Gasteiger partial charge in [0.15, 0.2) is 0 Å². The molecule has 0 fully saturated rings. The summed E-state index contributed by atoms with van der Waals surface area (Å²) in [6.45, 7) is 9.26. The van der Waals surface area contributed by atoms with Crippen LogP contribution in [0.5, 0.6) is 0 Å². The van der Waals surface area contributed by atoms with Gasteiger partial charge in [-0.25, -0.2) is 4.72 Å². The highest BCUT2D eigenvalue weighted by molar-refractivity contribution is 7.87. The minimum atomic E-state index is -3.34. The first-order valence-electron chi connectivity index (χ1n) is 5.24. The Morgan fingerprint density at radius 1 is 1.33 bits per heavy atom. The summed E-state index contributed by atoms with van der Waals surface area (Å²) in [6, 6.07) is 0. The molecule has 0 aromatic heterocycles. The van der Waals surface area contributed by atoms with Crippen molar-refractivity contribution in [1.29, 1.82) is 0 Å². The Morgan fingerprint density at radius 2 is 1.87 bits per heavy atom. The molecule has 0 bridgehead atoms. The molecule has 0 radical (unpaired) electrons. The van der Waals surface area contributed by atoms with Crippen LogP contribution in [0.25, 0.3) is 0 Å². The summed E-state index contributed by atoms with van der Waals surface area (Å²) >= 11 is 0. The zero-order chi connectivity index (χ0) is 12.1. The summed E-state index contributed by atoms with van der Waals surface area (Å²) in [6.07, 6.45) is 0. The molecule has 3 N–H and O–H groups in total. The fourth-order valence-electron chi connectivity index (χ4n) is 1.18. The van der Waals surface area contributed by atoms with Crippen LogP contribution < -0.4 is 10.5 Å². The van der Waals surface area contributed by atoms with E-state index in [2.05, 4.69) is 4.72 Å². The monoisotopic (exact) mass is 237 g/mol. The molecule has 0 atom stereocenters. The zero-order valence-corrected chi connectivity index (χ0v) is 10.9. The normalized spacial score (nSPS) is 13.5. The van der Waals surface area contributed by atoms with E-state index in [9.17, 15) is 8.42 Å². The zero-order valence-electron chi connectivity index (χ0n) is 10.1. The van der Waals surface area contributed by atoms with Crippen molar-refractivity contribution < 1.29 is 8.42 Å². The van der Waals surface area contributed by atoms with Gasteiger partial charge < -0.3 is 5.73 Å². The Morgan fingerprint density at radius 3 is 2.20 bits per heavy atom. The van der Waals surface area contributed by atoms with E-state index in [0.717, 1.165) is 0 Å². The van der Waals surface area contributed by atoms with Crippen molar-refractivity contribution in [3.63, 3.8) is 0 Å². The maximum absolute atomic E-state index is 11.7. The molecule has 0 spiro atoms. The highest BCUT2D eigenvalue weighted by Gasteiger charge is 2.26. The van der Waals surface area contributed by atoms with Crippen LogP contribution in [0, 0.1) is 5.41 Å². The molecule has 6 heteroatoms. The van der Waals surface area contributed by atoms with Crippen LogP contribution in [0.1, 0.15) is 27.7 Å². The van der Waals surface area contributed by atoms with Gasteiger partial charge in [0, 0.05) is 19.6 Å². The van der Waals surface area contributed by atoms with Gasteiger partial charge in [-0.3, -0.25) is 0 Å². The van der Waals surface area contributed by atoms with Crippen molar-refractivity contribution in [3.05, 3.63) is 0 Å². The number of nitrogens with one attached hydrogen (secondary N) is 1. The Kier molecular flexibility index (Phi) is 5.72. The summed E-state index contributed by atoms with van der Waals surface area (Å²) in [4.78, 5) is 0. The van der Waals surface area contributed by atoms with Crippen LogP contribution in [0.4, 0.5) is 0 Å². The van der Waals surface area contributed by atoms with Crippen molar-refractivity contribution in [2.24, 2.45) is 11.1 Å². The first-order chi connectivity index (χ1) is 6.79. The average molecular weight is 237 g/mol. The predicted octanol–water partition coefficient (Wildman–Crippen LogP) is 0.148. The smallest absolute Gasteiger partial charge is 0.279 e. The summed E-state index contributed by atoms with van der Waals surface area (Å²) in [7, 11) is -3.34. The summed E-state index contributed by atoms with van der Waals surface area (Å²) in [5.41, 5.74) is 5.39. The summed E-state index contributed by atoms with van der Waals surface area (Å²) < 4.78 is 27.4. The van der Waals surface area contributed by atoms with Gasteiger partial charge in [-0.1, -0.05) is 27.7 Å². The van der Waals surface area contributed by atoms with Crippen LogP contribution in [0.15, 0.2) is 0 Å². The third-order valence-corrected chi connectivity index (χ3v) is 3.90. The van der Waals surface area contributed by atoms with Gasteiger partial charge in [-0.15, -0.1) is 0 Å². The fraction of sp³-hybridized carbons (Fsp3) is 1.00. The Balaban J connectivity index is 4.64. The molecule has 15 heavy (non-hydrogen) atoms. The van der Waals surface area contributed by atoms with Crippen LogP contribution in [0.3, 0.4) is 0 Å². The lowest BCUT2D eigenvalue weighted by molar-refractivity contribution is 0.271. The van der Waals surface area contributed by atoms with E-state index in [0.29, 0.717) is 26.2 Å². The average Bonchev–Trinajstić information content (AvgIpc) is 2.14. The van der Waals surface area contributed by atoms with Gasteiger partial charge in [0.25, 0.3) is 10.2 Å². The minimum Gasteiger partial charge on any atom is -0.330 e.